The minimum absolute atomic E-state index is 0.0152. The van der Waals surface area contributed by atoms with Gasteiger partial charge in [-0.05, 0) is 55.3 Å². The molecule has 0 aliphatic heterocycles. The number of nitrogens with two attached hydrogens (primary N) is 1. The van der Waals surface area contributed by atoms with Crippen molar-refractivity contribution in [3.8, 4) is 22.6 Å². The highest BCUT2D eigenvalue weighted by Crippen LogP contribution is 2.31. The molecule has 9 heteroatoms. The van der Waals surface area contributed by atoms with E-state index in [1.807, 2.05) is 39.1 Å². The van der Waals surface area contributed by atoms with Gasteiger partial charge in [-0.3, -0.25) is 9.78 Å². The van der Waals surface area contributed by atoms with Gasteiger partial charge in [-0.2, -0.15) is 9.78 Å². The number of aromatic hydroxyl groups is 1. The Kier molecular flexibility index (Phi) is 7.16. The first kappa shape index (κ1) is 24.8. The molecule has 0 saturated carbocycles. The van der Waals surface area contributed by atoms with E-state index in [1.54, 1.807) is 6.20 Å². The van der Waals surface area contributed by atoms with E-state index in [4.69, 9.17) is 17.3 Å². The van der Waals surface area contributed by atoms with Crippen LogP contribution in [0.25, 0.3) is 27.7 Å². The molecule has 0 fully saturated rings. The smallest absolute Gasteiger partial charge is 0.281 e. The van der Waals surface area contributed by atoms with Gasteiger partial charge in [0.05, 0.1) is 22.8 Å². The first-order valence-corrected chi connectivity index (χ1v) is 11.7. The van der Waals surface area contributed by atoms with Crippen LogP contribution < -0.4 is 11.3 Å². The standard InChI is InChI=1S/C26H27ClFN5O2/c1-4-19(29)13-32(3)14-23-22(16-5-15(2)6-17(27)7-16)11-30-24-12-31-33(26(35)25(23)24)20-8-18(28)9-21(34)10-20/h5-12,19,34H,4,13-14,29H2,1-3H3/t19-/m0/s1. The Balaban J connectivity index is 1.98. The summed E-state index contributed by atoms with van der Waals surface area (Å²) < 4.78 is 15.1. The van der Waals surface area contributed by atoms with Crippen molar-refractivity contribution in [3.05, 3.63) is 81.1 Å². The normalized spacial score (nSPS) is 12.4. The Hall–Kier alpha value is -3.33. The SMILES string of the molecule is CC[C@H](N)CN(C)Cc1c(-c2cc(C)cc(Cl)c2)cnc2cnn(-c3cc(O)cc(F)c3)c(=O)c12. The number of pyridine rings is 1. The van der Waals surface area contributed by atoms with Crippen LogP contribution in [-0.2, 0) is 6.54 Å². The summed E-state index contributed by atoms with van der Waals surface area (Å²) >= 11 is 6.35. The highest BCUT2D eigenvalue weighted by Gasteiger charge is 2.19. The third-order valence-electron chi connectivity index (χ3n) is 5.88. The minimum atomic E-state index is -0.677. The summed E-state index contributed by atoms with van der Waals surface area (Å²) in [6.45, 7) is 5.02. The molecular weight excluding hydrogens is 469 g/mol. The molecule has 182 valence electrons. The van der Waals surface area contributed by atoms with E-state index in [1.165, 1.54) is 12.3 Å². The quantitative estimate of drug-likeness (QED) is 0.394. The summed E-state index contributed by atoms with van der Waals surface area (Å²) in [6.07, 6.45) is 4.00. The number of nitrogens with zero attached hydrogens (tertiary/aromatic N) is 4. The molecule has 4 rings (SSSR count). The maximum atomic E-state index is 14.0. The Bertz CT molecular complexity index is 1410. The molecule has 0 radical (unpaired) electrons. The number of halogens is 2. The maximum Gasteiger partial charge on any atom is 0.281 e. The van der Waals surface area contributed by atoms with Gasteiger partial charge in [0.2, 0.25) is 0 Å². The lowest BCUT2D eigenvalue weighted by Gasteiger charge is -2.23. The fourth-order valence-corrected chi connectivity index (χ4v) is 4.50. The molecule has 0 spiro atoms. The summed E-state index contributed by atoms with van der Waals surface area (Å²) in [6, 6.07) is 9.06. The maximum absolute atomic E-state index is 14.0. The molecule has 2 heterocycles. The Morgan fingerprint density at radius 3 is 2.66 bits per heavy atom. The number of fused-ring (bicyclic) bond motifs is 1. The summed E-state index contributed by atoms with van der Waals surface area (Å²) in [4.78, 5) is 20.3. The highest BCUT2D eigenvalue weighted by atomic mass is 35.5. The second-order valence-corrected chi connectivity index (χ2v) is 9.26. The second-order valence-electron chi connectivity index (χ2n) is 8.82. The number of phenolic OH excluding ortho intramolecular Hbond substituents is 1. The molecule has 0 amide bonds. The Morgan fingerprint density at radius 2 is 1.97 bits per heavy atom. The van der Waals surface area contributed by atoms with Crippen molar-refractivity contribution in [2.24, 2.45) is 5.73 Å². The van der Waals surface area contributed by atoms with Crippen molar-refractivity contribution in [1.29, 1.82) is 0 Å². The molecule has 0 unspecified atom stereocenters. The second kappa shape index (κ2) is 10.1. The lowest BCUT2D eigenvalue weighted by atomic mass is 9.97. The lowest BCUT2D eigenvalue weighted by Crippen LogP contribution is -2.35. The van der Waals surface area contributed by atoms with Crippen LogP contribution in [0.15, 0.2) is 53.6 Å². The van der Waals surface area contributed by atoms with E-state index in [2.05, 4.69) is 15.0 Å². The zero-order chi connectivity index (χ0) is 25.3. The summed E-state index contributed by atoms with van der Waals surface area (Å²) in [5, 5.41) is 15.0. The van der Waals surface area contributed by atoms with Gasteiger partial charge in [0.1, 0.15) is 11.6 Å². The van der Waals surface area contributed by atoms with Crippen LogP contribution >= 0.6 is 11.6 Å². The lowest BCUT2D eigenvalue weighted by molar-refractivity contribution is 0.301. The van der Waals surface area contributed by atoms with Gasteiger partial charge in [-0.1, -0.05) is 24.6 Å². The van der Waals surface area contributed by atoms with Gasteiger partial charge in [-0.15, -0.1) is 0 Å². The summed E-state index contributed by atoms with van der Waals surface area (Å²) in [5.74, 6) is -0.979. The molecule has 0 saturated heterocycles. The van der Waals surface area contributed by atoms with Crippen LogP contribution in [0.2, 0.25) is 5.02 Å². The predicted molar refractivity (Wildman–Crippen MR) is 137 cm³/mol. The third-order valence-corrected chi connectivity index (χ3v) is 6.10. The van der Waals surface area contributed by atoms with Gasteiger partial charge in [0, 0.05) is 48.0 Å². The first-order chi connectivity index (χ1) is 16.7. The molecular formula is C26H27ClFN5O2. The van der Waals surface area contributed by atoms with Crippen LogP contribution in [-0.4, -0.2) is 44.4 Å². The topological polar surface area (TPSA) is 97.3 Å². The number of rotatable bonds is 7. The van der Waals surface area contributed by atoms with Gasteiger partial charge in [0.15, 0.2) is 0 Å². The van der Waals surface area contributed by atoms with E-state index in [0.717, 1.165) is 45.5 Å². The number of hydrogen-bond donors (Lipinski definition) is 2. The van der Waals surface area contributed by atoms with Crippen molar-refractivity contribution in [1.82, 2.24) is 19.7 Å². The average molecular weight is 496 g/mol. The average Bonchev–Trinajstić information content (AvgIpc) is 2.77. The number of phenols is 1. The molecule has 0 bridgehead atoms. The van der Waals surface area contributed by atoms with Crippen LogP contribution in [0.1, 0.15) is 24.5 Å². The van der Waals surface area contributed by atoms with Crippen molar-refractivity contribution >= 4 is 22.5 Å². The van der Waals surface area contributed by atoms with Crippen LogP contribution in [0.3, 0.4) is 0 Å². The zero-order valence-corrected chi connectivity index (χ0v) is 20.6. The molecule has 2 aromatic carbocycles. The van der Waals surface area contributed by atoms with Crippen LogP contribution in [0.4, 0.5) is 4.39 Å². The van der Waals surface area contributed by atoms with E-state index in [9.17, 15) is 14.3 Å². The Labute approximate surface area is 207 Å². The van der Waals surface area contributed by atoms with Crippen molar-refractivity contribution in [2.45, 2.75) is 32.9 Å². The molecule has 3 N–H and O–H groups in total. The fraction of sp³-hybridized carbons (Fsp3) is 0.269. The van der Waals surface area contributed by atoms with Gasteiger partial charge >= 0.3 is 0 Å². The molecule has 0 aliphatic rings. The summed E-state index contributed by atoms with van der Waals surface area (Å²) in [5.41, 5.74) is 9.55. The largest absolute Gasteiger partial charge is 0.508 e. The molecule has 4 aromatic rings. The molecule has 1 atom stereocenters. The zero-order valence-electron chi connectivity index (χ0n) is 19.8. The third kappa shape index (κ3) is 5.35. The van der Waals surface area contributed by atoms with Crippen LogP contribution in [0, 0.1) is 12.7 Å². The van der Waals surface area contributed by atoms with Gasteiger partial charge in [0.25, 0.3) is 5.56 Å². The predicted octanol–water partition coefficient (Wildman–Crippen LogP) is 4.42. The van der Waals surface area contributed by atoms with Gasteiger partial charge < -0.3 is 15.7 Å². The van der Waals surface area contributed by atoms with E-state index in [0.29, 0.717) is 29.0 Å². The number of aromatic nitrogens is 3. The summed E-state index contributed by atoms with van der Waals surface area (Å²) in [7, 11) is 1.94. The number of aryl methyl sites for hydroxylation is 1. The number of hydrogen-bond acceptors (Lipinski definition) is 6. The monoisotopic (exact) mass is 495 g/mol. The van der Waals surface area contributed by atoms with Crippen LogP contribution in [0.5, 0.6) is 5.75 Å². The van der Waals surface area contributed by atoms with Crippen molar-refractivity contribution < 1.29 is 9.50 Å². The molecule has 0 aliphatic carbocycles. The van der Waals surface area contributed by atoms with E-state index >= 15 is 0 Å². The minimum Gasteiger partial charge on any atom is -0.508 e. The fourth-order valence-electron chi connectivity index (χ4n) is 4.21. The van der Waals surface area contributed by atoms with Crippen molar-refractivity contribution in [2.75, 3.05) is 13.6 Å². The van der Waals surface area contributed by atoms with Gasteiger partial charge in [-0.25, -0.2) is 4.39 Å². The highest BCUT2D eigenvalue weighted by molar-refractivity contribution is 6.31. The van der Waals surface area contributed by atoms with Crippen molar-refractivity contribution in [3.63, 3.8) is 0 Å². The molecule has 7 nitrogen and oxygen atoms in total. The van der Waals surface area contributed by atoms with E-state index in [-0.39, 0.29) is 17.5 Å². The molecule has 2 aromatic heterocycles. The molecule has 35 heavy (non-hydrogen) atoms. The first-order valence-electron chi connectivity index (χ1n) is 11.3. The Morgan fingerprint density at radius 1 is 1.20 bits per heavy atom. The van der Waals surface area contributed by atoms with E-state index < -0.39 is 11.4 Å². The number of benzene rings is 2. The number of likely N-dealkylation sites (N-methyl/N-ethyl adjacent to an activating group) is 1.